The molecule has 0 aliphatic heterocycles. The molecule has 9 nitrogen and oxygen atoms in total. The molecule has 0 fully saturated rings. The number of methoxy groups -OCH3 is 2. The number of carbonyl (C=O) groups is 1. The third-order valence-electron chi connectivity index (χ3n) is 3.27. The lowest BCUT2D eigenvalue weighted by Crippen LogP contribution is -2.41. The molecule has 0 saturated carbocycles. The standard InChI is InChI=1S/C16H16N4O5S/c1-24-13-8-3-10(9-14(13)25-2)15(21)17-16(26)19-18-11-4-6-12(7-5-11)20(22)23/h3-9,18H,1-2H3,(H2,17,19,21,26). The summed E-state index contributed by atoms with van der Waals surface area (Å²) in [6, 6.07) is 10.4. The highest BCUT2D eigenvalue weighted by Gasteiger charge is 2.12. The summed E-state index contributed by atoms with van der Waals surface area (Å²) in [7, 11) is 2.97. The van der Waals surface area contributed by atoms with E-state index in [1.807, 2.05) is 0 Å². The van der Waals surface area contributed by atoms with Crippen molar-refractivity contribution >= 4 is 34.6 Å². The maximum atomic E-state index is 12.2. The second-order valence-electron chi connectivity index (χ2n) is 4.91. The summed E-state index contributed by atoms with van der Waals surface area (Å²) in [4.78, 5) is 22.3. The van der Waals surface area contributed by atoms with Crippen LogP contribution in [0.2, 0.25) is 0 Å². The first-order valence-corrected chi connectivity index (χ1v) is 7.69. The summed E-state index contributed by atoms with van der Waals surface area (Å²) >= 11 is 5.04. The Balaban J connectivity index is 1.92. The van der Waals surface area contributed by atoms with Crippen molar-refractivity contribution in [2.75, 3.05) is 19.6 Å². The number of nitrogens with one attached hydrogen (secondary N) is 3. The summed E-state index contributed by atoms with van der Waals surface area (Å²) in [5, 5.41) is 13.1. The van der Waals surface area contributed by atoms with Crippen LogP contribution in [0, 0.1) is 10.1 Å². The van der Waals surface area contributed by atoms with Crippen LogP contribution in [0.3, 0.4) is 0 Å². The van der Waals surface area contributed by atoms with Crippen molar-refractivity contribution in [1.82, 2.24) is 10.7 Å². The molecule has 0 heterocycles. The first-order valence-electron chi connectivity index (χ1n) is 7.28. The second-order valence-corrected chi connectivity index (χ2v) is 5.32. The van der Waals surface area contributed by atoms with Crippen LogP contribution in [0.25, 0.3) is 0 Å². The van der Waals surface area contributed by atoms with E-state index in [1.54, 1.807) is 12.1 Å². The largest absolute Gasteiger partial charge is 0.493 e. The molecule has 0 atom stereocenters. The topological polar surface area (TPSA) is 115 Å². The van der Waals surface area contributed by atoms with Crippen LogP contribution in [-0.2, 0) is 0 Å². The lowest BCUT2D eigenvalue weighted by Gasteiger charge is -2.13. The minimum atomic E-state index is -0.495. The van der Waals surface area contributed by atoms with Crippen molar-refractivity contribution in [3.8, 4) is 11.5 Å². The monoisotopic (exact) mass is 376 g/mol. The van der Waals surface area contributed by atoms with Gasteiger partial charge in [0.05, 0.1) is 24.8 Å². The molecule has 10 heteroatoms. The van der Waals surface area contributed by atoms with Crippen molar-refractivity contribution in [2.24, 2.45) is 0 Å². The lowest BCUT2D eigenvalue weighted by atomic mass is 10.2. The fraction of sp³-hybridized carbons (Fsp3) is 0.125. The molecule has 0 unspecified atom stereocenters. The highest BCUT2D eigenvalue weighted by Crippen LogP contribution is 2.27. The van der Waals surface area contributed by atoms with Gasteiger partial charge < -0.3 is 9.47 Å². The Kier molecular flexibility index (Phi) is 6.28. The lowest BCUT2D eigenvalue weighted by molar-refractivity contribution is -0.384. The Morgan fingerprint density at radius 1 is 1.08 bits per heavy atom. The Hall–Kier alpha value is -3.40. The molecule has 0 spiro atoms. The van der Waals surface area contributed by atoms with E-state index >= 15 is 0 Å². The molecule has 2 rings (SSSR count). The van der Waals surface area contributed by atoms with Crippen molar-refractivity contribution in [3.05, 3.63) is 58.1 Å². The number of hydrogen-bond acceptors (Lipinski definition) is 7. The molecule has 26 heavy (non-hydrogen) atoms. The Morgan fingerprint density at radius 3 is 2.31 bits per heavy atom. The minimum absolute atomic E-state index is 0.0279. The van der Waals surface area contributed by atoms with E-state index in [-0.39, 0.29) is 10.8 Å². The summed E-state index contributed by atoms with van der Waals surface area (Å²) in [6.07, 6.45) is 0. The Morgan fingerprint density at radius 2 is 1.73 bits per heavy atom. The molecule has 0 aliphatic carbocycles. The van der Waals surface area contributed by atoms with Gasteiger partial charge in [-0.3, -0.25) is 31.1 Å². The smallest absolute Gasteiger partial charge is 0.269 e. The third kappa shape index (κ3) is 4.80. The molecule has 2 aromatic carbocycles. The van der Waals surface area contributed by atoms with Gasteiger partial charge in [-0.25, -0.2) is 0 Å². The fourth-order valence-corrected chi connectivity index (χ4v) is 2.12. The van der Waals surface area contributed by atoms with Crippen LogP contribution >= 0.6 is 12.2 Å². The normalized spacial score (nSPS) is 9.77. The van der Waals surface area contributed by atoms with Gasteiger partial charge in [0.15, 0.2) is 16.6 Å². The average Bonchev–Trinajstić information content (AvgIpc) is 2.65. The number of benzene rings is 2. The molecular formula is C16H16N4O5S. The van der Waals surface area contributed by atoms with Crippen LogP contribution in [0.15, 0.2) is 42.5 Å². The van der Waals surface area contributed by atoms with Gasteiger partial charge in [0.1, 0.15) is 0 Å². The zero-order valence-corrected chi connectivity index (χ0v) is 14.8. The number of nitro benzene ring substituents is 1. The number of carbonyl (C=O) groups excluding carboxylic acids is 1. The summed E-state index contributed by atoms with van der Waals surface area (Å²) in [6.45, 7) is 0. The molecule has 3 N–H and O–H groups in total. The van der Waals surface area contributed by atoms with Gasteiger partial charge in [0.25, 0.3) is 11.6 Å². The first kappa shape index (κ1) is 18.9. The molecular weight excluding hydrogens is 360 g/mol. The first-order chi connectivity index (χ1) is 12.4. The molecule has 136 valence electrons. The number of non-ortho nitro benzene ring substituents is 1. The number of ether oxygens (including phenoxy) is 2. The number of amides is 1. The fourth-order valence-electron chi connectivity index (χ4n) is 1.98. The van der Waals surface area contributed by atoms with Gasteiger partial charge in [-0.05, 0) is 42.5 Å². The number of hydrogen-bond donors (Lipinski definition) is 3. The predicted molar refractivity (Wildman–Crippen MR) is 99.5 cm³/mol. The van der Waals surface area contributed by atoms with E-state index in [4.69, 9.17) is 21.7 Å². The average molecular weight is 376 g/mol. The number of nitro groups is 1. The second kappa shape index (κ2) is 8.62. The van der Waals surface area contributed by atoms with Crippen molar-refractivity contribution in [2.45, 2.75) is 0 Å². The minimum Gasteiger partial charge on any atom is -0.493 e. The summed E-state index contributed by atoms with van der Waals surface area (Å²) in [5.74, 6) is 0.488. The van der Waals surface area contributed by atoms with Gasteiger partial charge in [-0.2, -0.15) is 0 Å². The third-order valence-corrected chi connectivity index (χ3v) is 3.48. The van der Waals surface area contributed by atoms with Crippen LogP contribution in [-0.4, -0.2) is 30.2 Å². The molecule has 0 radical (unpaired) electrons. The van der Waals surface area contributed by atoms with Gasteiger partial charge >= 0.3 is 0 Å². The molecule has 0 saturated heterocycles. The molecule has 0 bridgehead atoms. The molecule has 1 amide bonds. The summed E-state index contributed by atoms with van der Waals surface area (Å²) < 4.78 is 10.3. The van der Waals surface area contributed by atoms with Gasteiger partial charge in [0.2, 0.25) is 0 Å². The van der Waals surface area contributed by atoms with Crippen LogP contribution in [0.1, 0.15) is 10.4 Å². The quantitative estimate of drug-likeness (QED) is 0.399. The van der Waals surface area contributed by atoms with E-state index in [0.29, 0.717) is 22.7 Å². The number of hydrazine groups is 1. The van der Waals surface area contributed by atoms with E-state index < -0.39 is 10.8 Å². The Labute approximate surface area is 154 Å². The van der Waals surface area contributed by atoms with Crippen molar-refractivity contribution in [1.29, 1.82) is 0 Å². The van der Waals surface area contributed by atoms with E-state index in [9.17, 15) is 14.9 Å². The van der Waals surface area contributed by atoms with Gasteiger partial charge in [-0.1, -0.05) is 0 Å². The Bertz CT molecular complexity index is 826. The number of rotatable bonds is 6. The number of thiocarbonyl (C=S) groups is 1. The molecule has 0 aromatic heterocycles. The van der Waals surface area contributed by atoms with E-state index in [0.717, 1.165) is 0 Å². The van der Waals surface area contributed by atoms with Crippen LogP contribution in [0.5, 0.6) is 11.5 Å². The van der Waals surface area contributed by atoms with Crippen molar-refractivity contribution in [3.63, 3.8) is 0 Å². The molecule has 2 aromatic rings. The zero-order valence-electron chi connectivity index (χ0n) is 13.9. The van der Waals surface area contributed by atoms with Gasteiger partial charge in [-0.15, -0.1) is 0 Å². The maximum Gasteiger partial charge on any atom is 0.269 e. The van der Waals surface area contributed by atoms with E-state index in [1.165, 1.54) is 44.6 Å². The highest BCUT2D eigenvalue weighted by atomic mass is 32.1. The summed E-state index contributed by atoms with van der Waals surface area (Å²) in [5.41, 5.74) is 6.21. The van der Waals surface area contributed by atoms with Gasteiger partial charge in [0, 0.05) is 17.7 Å². The van der Waals surface area contributed by atoms with E-state index in [2.05, 4.69) is 16.2 Å². The van der Waals surface area contributed by atoms with Crippen LogP contribution < -0.4 is 25.6 Å². The maximum absolute atomic E-state index is 12.2. The van der Waals surface area contributed by atoms with Crippen molar-refractivity contribution < 1.29 is 19.2 Å². The van der Waals surface area contributed by atoms with Crippen LogP contribution in [0.4, 0.5) is 11.4 Å². The molecule has 0 aliphatic rings. The SMILES string of the molecule is COc1ccc(C(=O)NC(=S)NNc2ccc([N+](=O)[O-])cc2)cc1OC. The predicted octanol–water partition coefficient (Wildman–Crippen LogP) is 2.24. The number of anilines is 1. The zero-order chi connectivity index (χ0) is 19.1. The highest BCUT2D eigenvalue weighted by molar-refractivity contribution is 7.80. The number of nitrogens with zero attached hydrogens (tertiary/aromatic N) is 1.